The van der Waals surface area contributed by atoms with Gasteiger partial charge in [-0.2, -0.15) is 0 Å². The van der Waals surface area contributed by atoms with Crippen molar-refractivity contribution in [1.82, 2.24) is 10.4 Å². The summed E-state index contributed by atoms with van der Waals surface area (Å²) >= 11 is 0. The molecule has 0 amide bonds. The number of nitrogens with zero attached hydrogens (tertiary/aromatic N) is 1. The van der Waals surface area contributed by atoms with Crippen LogP contribution < -0.4 is 25.5 Å². The summed E-state index contributed by atoms with van der Waals surface area (Å²) in [6.07, 6.45) is 3.41. The molecule has 0 spiro atoms. The maximum atomic E-state index is 5.71. The van der Waals surface area contributed by atoms with Crippen molar-refractivity contribution in [2.24, 2.45) is 5.84 Å². The first-order chi connectivity index (χ1) is 10.3. The first kappa shape index (κ1) is 13.7. The van der Waals surface area contributed by atoms with Crippen LogP contribution in [0.4, 0.5) is 0 Å². The van der Waals surface area contributed by atoms with Gasteiger partial charge in [-0.05, 0) is 29.3 Å². The van der Waals surface area contributed by atoms with Crippen LogP contribution in [0.3, 0.4) is 0 Å². The quantitative estimate of drug-likeness (QED) is 0.654. The lowest BCUT2D eigenvalue weighted by Gasteiger charge is -2.22. The summed E-state index contributed by atoms with van der Waals surface area (Å²) in [5.41, 5.74) is 4.68. The van der Waals surface area contributed by atoms with Crippen LogP contribution in [0.5, 0.6) is 17.2 Å². The molecule has 0 radical (unpaired) electrons. The van der Waals surface area contributed by atoms with Crippen molar-refractivity contribution in [3.8, 4) is 17.2 Å². The molecule has 2 heterocycles. The molecule has 0 aliphatic carbocycles. The Kier molecular flexibility index (Phi) is 3.89. The Bertz CT molecular complexity index is 633. The fourth-order valence-corrected chi connectivity index (χ4v) is 2.33. The molecule has 110 valence electrons. The molecule has 6 heteroatoms. The summed E-state index contributed by atoms with van der Waals surface area (Å²) in [5.74, 6) is 7.88. The number of hydrogen-bond donors (Lipinski definition) is 2. The Morgan fingerprint density at radius 3 is 2.71 bits per heavy atom. The molecule has 6 nitrogen and oxygen atoms in total. The first-order valence-corrected chi connectivity index (χ1v) is 6.66. The van der Waals surface area contributed by atoms with E-state index >= 15 is 0 Å². The number of hydrogen-bond acceptors (Lipinski definition) is 6. The van der Waals surface area contributed by atoms with Gasteiger partial charge in [0.15, 0.2) is 11.5 Å². The maximum Gasteiger partial charge on any atom is 0.161 e. The fourth-order valence-electron chi connectivity index (χ4n) is 2.33. The summed E-state index contributed by atoms with van der Waals surface area (Å²) in [4.78, 5) is 4.16. The zero-order chi connectivity index (χ0) is 14.7. The maximum absolute atomic E-state index is 5.71. The van der Waals surface area contributed by atoms with Gasteiger partial charge < -0.3 is 14.2 Å². The van der Waals surface area contributed by atoms with Crippen LogP contribution in [0, 0.1) is 0 Å². The van der Waals surface area contributed by atoms with Gasteiger partial charge in [-0.25, -0.2) is 5.43 Å². The lowest BCUT2D eigenvalue weighted by molar-refractivity contribution is 0.171. The summed E-state index contributed by atoms with van der Waals surface area (Å²) in [5, 5.41) is 0. The number of rotatable bonds is 4. The normalized spacial score (nSPS) is 14.6. The fraction of sp³-hybridized carbons (Fsp3) is 0.267. The monoisotopic (exact) mass is 287 g/mol. The predicted octanol–water partition coefficient (Wildman–Crippen LogP) is 1.41. The molecular weight excluding hydrogens is 270 g/mol. The molecular formula is C15H17N3O3. The van der Waals surface area contributed by atoms with Gasteiger partial charge in [0.25, 0.3) is 0 Å². The van der Waals surface area contributed by atoms with Crippen molar-refractivity contribution in [3.05, 3.63) is 47.8 Å². The third-order valence-corrected chi connectivity index (χ3v) is 3.37. The van der Waals surface area contributed by atoms with Crippen LogP contribution in [0.25, 0.3) is 0 Å². The molecule has 0 saturated carbocycles. The second-order valence-electron chi connectivity index (χ2n) is 4.66. The number of pyridine rings is 1. The molecule has 1 aliphatic rings. The highest BCUT2D eigenvalue weighted by Crippen LogP contribution is 2.34. The zero-order valence-electron chi connectivity index (χ0n) is 11.7. The van der Waals surface area contributed by atoms with Crippen molar-refractivity contribution in [2.75, 3.05) is 20.3 Å². The van der Waals surface area contributed by atoms with E-state index in [1.54, 1.807) is 19.5 Å². The molecule has 0 bridgehead atoms. The lowest BCUT2D eigenvalue weighted by atomic mass is 10.00. The molecule has 0 saturated heterocycles. The Morgan fingerprint density at radius 2 is 1.95 bits per heavy atom. The standard InChI is InChI=1S/C15H17N3O3/c1-19-12-6-11(8-17-9-12)15(18-16)10-2-3-13-14(7-10)21-5-4-20-13/h2-3,6-9,15,18H,4-5,16H2,1H3. The van der Waals surface area contributed by atoms with E-state index in [4.69, 9.17) is 20.1 Å². The molecule has 0 fully saturated rings. The van der Waals surface area contributed by atoms with Gasteiger partial charge >= 0.3 is 0 Å². The van der Waals surface area contributed by atoms with E-state index in [2.05, 4.69) is 10.4 Å². The number of nitrogens with one attached hydrogen (secondary N) is 1. The van der Waals surface area contributed by atoms with Crippen molar-refractivity contribution in [1.29, 1.82) is 0 Å². The Balaban J connectivity index is 1.95. The van der Waals surface area contributed by atoms with Crippen LogP contribution in [0.1, 0.15) is 17.2 Å². The Labute approximate surface area is 122 Å². The molecule has 1 aromatic heterocycles. The van der Waals surface area contributed by atoms with E-state index in [0.717, 1.165) is 22.6 Å². The largest absolute Gasteiger partial charge is 0.495 e. The lowest BCUT2D eigenvalue weighted by Crippen LogP contribution is -2.29. The molecule has 3 rings (SSSR count). The molecule has 1 unspecified atom stereocenters. The van der Waals surface area contributed by atoms with E-state index < -0.39 is 0 Å². The zero-order valence-corrected chi connectivity index (χ0v) is 11.7. The molecule has 2 aromatic rings. The average molecular weight is 287 g/mol. The van der Waals surface area contributed by atoms with E-state index in [1.807, 2.05) is 24.3 Å². The summed E-state index contributed by atoms with van der Waals surface area (Å²) in [6, 6.07) is 7.47. The van der Waals surface area contributed by atoms with Gasteiger partial charge in [0.1, 0.15) is 19.0 Å². The van der Waals surface area contributed by atoms with E-state index in [0.29, 0.717) is 19.0 Å². The average Bonchev–Trinajstić information content (AvgIpc) is 2.56. The third kappa shape index (κ3) is 2.76. The van der Waals surface area contributed by atoms with E-state index in [1.165, 1.54) is 0 Å². The van der Waals surface area contributed by atoms with E-state index in [9.17, 15) is 0 Å². The second kappa shape index (κ2) is 5.99. The van der Waals surface area contributed by atoms with Crippen LogP contribution in [-0.4, -0.2) is 25.3 Å². The van der Waals surface area contributed by atoms with Crippen molar-refractivity contribution >= 4 is 0 Å². The SMILES string of the molecule is COc1cncc(C(NN)c2ccc3c(c2)OCCO3)c1. The highest BCUT2D eigenvalue weighted by Gasteiger charge is 2.18. The van der Waals surface area contributed by atoms with Crippen LogP contribution >= 0.6 is 0 Å². The molecule has 3 N–H and O–H groups in total. The van der Waals surface area contributed by atoms with Crippen LogP contribution in [0.15, 0.2) is 36.7 Å². The molecule has 1 aliphatic heterocycles. The number of fused-ring (bicyclic) bond motifs is 1. The molecule has 1 atom stereocenters. The van der Waals surface area contributed by atoms with Gasteiger partial charge in [-0.3, -0.25) is 10.8 Å². The summed E-state index contributed by atoms with van der Waals surface area (Å²) < 4.78 is 16.3. The minimum absolute atomic E-state index is 0.205. The smallest absolute Gasteiger partial charge is 0.161 e. The number of methoxy groups -OCH3 is 1. The number of benzene rings is 1. The van der Waals surface area contributed by atoms with Gasteiger partial charge in [0, 0.05) is 6.20 Å². The van der Waals surface area contributed by atoms with E-state index in [-0.39, 0.29) is 6.04 Å². The van der Waals surface area contributed by atoms with Gasteiger partial charge in [0.05, 0.1) is 19.3 Å². The highest BCUT2D eigenvalue weighted by atomic mass is 16.6. The third-order valence-electron chi connectivity index (χ3n) is 3.37. The van der Waals surface area contributed by atoms with Gasteiger partial charge in [-0.1, -0.05) is 6.07 Å². The Morgan fingerprint density at radius 1 is 1.14 bits per heavy atom. The van der Waals surface area contributed by atoms with Gasteiger partial charge in [0.2, 0.25) is 0 Å². The van der Waals surface area contributed by atoms with Crippen molar-refractivity contribution in [2.45, 2.75) is 6.04 Å². The second-order valence-corrected chi connectivity index (χ2v) is 4.66. The Hall–Kier alpha value is -2.31. The van der Waals surface area contributed by atoms with Gasteiger partial charge in [-0.15, -0.1) is 0 Å². The number of ether oxygens (including phenoxy) is 3. The number of aromatic nitrogens is 1. The number of hydrazine groups is 1. The topological polar surface area (TPSA) is 78.6 Å². The predicted molar refractivity (Wildman–Crippen MR) is 77.4 cm³/mol. The first-order valence-electron chi connectivity index (χ1n) is 6.66. The van der Waals surface area contributed by atoms with Crippen molar-refractivity contribution in [3.63, 3.8) is 0 Å². The van der Waals surface area contributed by atoms with Crippen LogP contribution in [0.2, 0.25) is 0 Å². The van der Waals surface area contributed by atoms with Crippen molar-refractivity contribution < 1.29 is 14.2 Å². The highest BCUT2D eigenvalue weighted by molar-refractivity contribution is 5.46. The van der Waals surface area contributed by atoms with Crippen LogP contribution in [-0.2, 0) is 0 Å². The molecule has 1 aromatic carbocycles. The molecule has 21 heavy (non-hydrogen) atoms. The summed E-state index contributed by atoms with van der Waals surface area (Å²) in [6.45, 7) is 1.13. The minimum atomic E-state index is -0.205. The minimum Gasteiger partial charge on any atom is -0.495 e. The summed E-state index contributed by atoms with van der Waals surface area (Å²) in [7, 11) is 1.61. The number of nitrogens with two attached hydrogens (primary N) is 1.